The maximum absolute atomic E-state index is 12.5. The van der Waals surface area contributed by atoms with Crippen molar-refractivity contribution in [3.8, 4) is 0 Å². The van der Waals surface area contributed by atoms with Crippen molar-refractivity contribution in [2.45, 2.75) is 88.7 Å². The summed E-state index contributed by atoms with van der Waals surface area (Å²) in [5, 5.41) is 12.1. The van der Waals surface area contributed by atoms with Crippen LogP contribution in [0.25, 0.3) is 0 Å². The lowest BCUT2D eigenvalue weighted by atomic mass is 9.83. The average Bonchev–Trinajstić information content (AvgIpc) is 3.10. The van der Waals surface area contributed by atoms with Crippen LogP contribution in [-0.2, 0) is 19.1 Å². The van der Waals surface area contributed by atoms with Gasteiger partial charge in [-0.3, -0.25) is 9.59 Å². The number of carbonyl (C=O) groups excluding carboxylic acids is 2. The molecule has 1 aliphatic carbocycles. The van der Waals surface area contributed by atoms with E-state index in [1.807, 2.05) is 6.92 Å². The van der Waals surface area contributed by atoms with Crippen LogP contribution in [-0.4, -0.2) is 53.3 Å². The molecule has 8 heteroatoms. The van der Waals surface area contributed by atoms with Gasteiger partial charge in [0.25, 0.3) is 0 Å². The van der Waals surface area contributed by atoms with Gasteiger partial charge in [-0.05, 0) is 25.3 Å². The van der Waals surface area contributed by atoms with Crippen LogP contribution in [0.1, 0.15) is 59.3 Å². The van der Waals surface area contributed by atoms with E-state index >= 15 is 0 Å². The molecule has 6 atom stereocenters. The Balaban J connectivity index is 1.97. The van der Waals surface area contributed by atoms with Gasteiger partial charge in [0.1, 0.15) is 17.1 Å². The number of aliphatic hydroxyl groups is 1. The Labute approximate surface area is 201 Å². The molecule has 0 unspecified atom stereocenters. The number of unbranched alkanes of at least 4 members (excludes halogenated alkanes) is 3. The Morgan fingerprint density at radius 3 is 2.78 bits per heavy atom. The lowest BCUT2D eigenvalue weighted by molar-refractivity contribution is -0.176. The fourth-order valence-electron chi connectivity index (χ4n) is 4.21. The molecular formula is C24H35Cl2NO5. The second-order valence-electron chi connectivity index (χ2n) is 8.77. The van der Waals surface area contributed by atoms with E-state index in [0.717, 1.165) is 12.0 Å². The molecule has 2 rings (SSSR count). The highest BCUT2D eigenvalue weighted by molar-refractivity contribution is 6.49. The number of hydrogen-bond acceptors (Lipinski definition) is 5. The number of Topliss-reactive ketones (excluding diaryl/α,β-unsaturated/α-hetero) is 1. The summed E-state index contributed by atoms with van der Waals surface area (Å²) in [6.45, 7) is 6.36. The minimum atomic E-state index is -1.31. The molecule has 0 aromatic rings. The smallest absolute Gasteiger partial charge is 0.244 e. The Kier molecular flexibility index (Phi) is 10.4. The maximum Gasteiger partial charge on any atom is 0.244 e. The van der Waals surface area contributed by atoms with E-state index in [4.69, 9.17) is 32.7 Å². The minimum Gasteiger partial charge on any atom is -0.388 e. The van der Waals surface area contributed by atoms with Crippen molar-refractivity contribution in [1.29, 1.82) is 0 Å². The van der Waals surface area contributed by atoms with Gasteiger partial charge in [0.05, 0.1) is 11.1 Å². The number of rotatable bonds is 10. The topological polar surface area (TPSA) is 84.9 Å². The summed E-state index contributed by atoms with van der Waals surface area (Å²) in [7, 11) is 1.44. The number of ketones is 1. The molecule has 1 heterocycles. The molecule has 1 aliphatic heterocycles. The Morgan fingerprint density at radius 2 is 2.12 bits per heavy atom. The predicted octanol–water partition coefficient (Wildman–Crippen LogP) is 4.39. The number of aliphatic hydroxyl groups excluding tert-OH is 1. The zero-order valence-electron chi connectivity index (χ0n) is 19.3. The molecule has 180 valence electrons. The summed E-state index contributed by atoms with van der Waals surface area (Å²) in [6.07, 6.45) is 10.9. The molecule has 0 aromatic heterocycles. The summed E-state index contributed by atoms with van der Waals surface area (Å²) >= 11 is 12.1. The molecule has 2 aliphatic rings. The van der Waals surface area contributed by atoms with E-state index in [0.29, 0.717) is 5.92 Å². The van der Waals surface area contributed by atoms with Gasteiger partial charge >= 0.3 is 0 Å². The Morgan fingerprint density at radius 1 is 1.41 bits per heavy atom. The molecule has 32 heavy (non-hydrogen) atoms. The van der Waals surface area contributed by atoms with E-state index in [9.17, 15) is 14.7 Å². The first-order valence-corrected chi connectivity index (χ1v) is 12.1. The summed E-state index contributed by atoms with van der Waals surface area (Å²) in [5.74, 6) is -0.405. The third-order valence-electron chi connectivity index (χ3n) is 5.96. The molecule has 0 bridgehead atoms. The monoisotopic (exact) mass is 487 g/mol. The molecule has 2 N–H and O–H groups in total. The summed E-state index contributed by atoms with van der Waals surface area (Å²) in [4.78, 5) is 24.4. The number of hydrogen-bond donors (Lipinski definition) is 2. The zero-order chi connectivity index (χ0) is 23.9. The summed E-state index contributed by atoms with van der Waals surface area (Å²) in [6, 6.07) is -0.550. The second kappa shape index (κ2) is 12.3. The number of ether oxygens (including phenoxy) is 2. The maximum atomic E-state index is 12.5. The molecule has 1 spiro atoms. The average molecular weight is 488 g/mol. The first-order chi connectivity index (χ1) is 15.1. The van der Waals surface area contributed by atoms with Crippen LogP contribution in [0.3, 0.4) is 0 Å². The van der Waals surface area contributed by atoms with Gasteiger partial charge in [0.2, 0.25) is 5.91 Å². The van der Waals surface area contributed by atoms with Gasteiger partial charge in [-0.15, -0.1) is 11.6 Å². The Bertz CT molecular complexity index is 765. The van der Waals surface area contributed by atoms with Crippen molar-refractivity contribution < 1.29 is 24.2 Å². The number of carbonyl (C=O) groups is 2. The standard InChI is InChI=1S/C24H35Cl2NO5/c1-5-6-7-8-9-15(2)12-16(3)10-11-19(28)27-18-14-24(32-23(18)31-4)13-17(25)21(29)20(26)22(24)30/h10-13,15,18,20,22-23,30H,5-9,14H2,1-4H3,(H,27,28)/b11-10+,16-12+/t15-,18+,20-,22-,23-,24+/m1/s1. The van der Waals surface area contributed by atoms with Crippen LogP contribution in [0.15, 0.2) is 34.9 Å². The number of alkyl halides is 1. The summed E-state index contributed by atoms with van der Waals surface area (Å²) in [5.41, 5.74) is -0.283. The van der Waals surface area contributed by atoms with Crippen LogP contribution in [0, 0.1) is 5.92 Å². The van der Waals surface area contributed by atoms with Crippen LogP contribution in [0.5, 0.6) is 0 Å². The van der Waals surface area contributed by atoms with E-state index in [1.54, 1.807) is 6.08 Å². The molecule has 0 saturated carbocycles. The van der Waals surface area contributed by atoms with E-state index in [1.165, 1.54) is 44.9 Å². The van der Waals surface area contributed by atoms with Gasteiger partial charge in [-0.1, -0.05) is 68.9 Å². The lowest BCUT2D eigenvalue weighted by Crippen LogP contribution is -2.52. The first-order valence-electron chi connectivity index (χ1n) is 11.3. The van der Waals surface area contributed by atoms with Crippen LogP contribution >= 0.6 is 23.2 Å². The van der Waals surface area contributed by atoms with Crippen molar-refractivity contribution in [2.75, 3.05) is 7.11 Å². The number of nitrogens with one attached hydrogen (secondary N) is 1. The number of allylic oxidation sites excluding steroid dienone is 4. The van der Waals surface area contributed by atoms with Gasteiger partial charge in [0, 0.05) is 19.6 Å². The van der Waals surface area contributed by atoms with Gasteiger partial charge in [-0.2, -0.15) is 0 Å². The van der Waals surface area contributed by atoms with Gasteiger partial charge < -0.3 is 19.9 Å². The molecular weight excluding hydrogens is 453 g/mol. The Hall–Kier alpha value is -1.18. The fraction of sp³-hybridized carbons (Fsp3) is 0.667. The van der Waals surface area contributed by atoms with E-state index < -0.39 is 35.2 Å². The fourth-order valence-corrected chi connectivity index (χ4v) is 4.90. The highest BCUT2D eigenvalue weighted by atomic mass is 35.5. The van der Waals surface area contributed by atoms with Crippen molar-refractivity contribution in [3.63, 3.8) is 0 Å². The number of halogens is 2. The molecule has 1 amide bonds. The molecule has 1 saturated heterocycles. The van der Waals surface area contributed by atoms with Crippen molar-refractivity contribution in [1.82, 2.24) is 5.32 Å². The highest BCUT2D eigenvalue weighted by Crippen LogP contribution is 2.42. The van der Waals surface area contributed by atoms with Crippen molar-refractivity contribution in [3.05, 3.63) is 34.9 Å². The van der Waals surface area contributed by atoms with Crippen molar-refractivity contribution >= 4 is 34.9 Å². The SMILES string of the molecule is CCCCCC[C@@H](C)/C=C(C)/C=C/C(=O)N[C@H]1C[C@]2(C=C(Cl)C(=O)[C@@H](Cl)[C@H]2O)O[C@H]1OC. The molecule has 1 fully saturated rings. The van der Waals surface area contributed by atoms with Crippen molar-refractivity contribution in [2.24, 2.45) is 5.92 Å². The second-order valence-corrected chi connectivity index (χ2v) is 9.65. The van der Waals surface area contributed by atoms with E-state index in [-0.39, 0.29) is 17.4 Å². The highest BCUT2D eigenvalue weighted by Gasteiger charge is 2.56. The third-order valence-corrected chi connectivity index (χ3v) is 6.69. The first kappa shape index (κ1) is 27.1. The van der Waals surface area contributed by atoms with Crippen LogP contribution < -0.4 is 5.32 Å². The largest absolute Gasteiger partial charge is 0.388 e. The van der Waals surface area contributed by atoms with Gasteiger partial charge in [0.15, 0.2) is 12.1 Å². The van der Waals surface area contributed by atoms with Gasteiger partial charge in [-0.25, -0.2) is 0 Å². The van der Waals surface area contributed by atoms with Crippen LogP contribution in [0.4, 0.5) is 0 Å². The number of methoxy groups -OCH3 is 1. The quantitative estimate of drug-likeness (QED) is 0.206. The minimum absolute atomic E-state index is 0.0957. The summed E-state index contributed by atoms with van der Waals surface area (Å²) < 4.78 is 11.2. The normalized spacial score (nSPS) is 31.9. The third kappa shape index (κ3) is 6.91. The molecule has 6 nitrogen and oxygen atoms in total. The lowest BCUT2D eigenvalue weighted by Gasteiger charge is -2.36. The molecule has 0 aromatic carbocycles. The number of amides is 1. The predicted molar refractivity (Wildman–Crippen MR) is 127 cm³/mol. The van der Waals surface area contributed by atoms with Crippen LogP contribution in [0.2, 0.25) is 0 Å². The molecule has 0 radical (unpaired) electrons. The zero-order valence-corrected chi connectivity index (χ0v) is 20.8. The van der Waals surface area contributed by atoms with E-state index in [2.05, 4.69) is 25.2 Å².